The Morgan fingerprint density at radius 3 is 2.29 bits per heavy atom. The lowest BCUT2D eigenvalue weighted by Gasteiger charge is -2.32. The topological polar surface area (TPSA) is 66.6 Å². The molecule has 2 atom stereocenters. The first kappa shape index (κ1) is 15.2. The van der Waals surface area contributed by atoms with Gasteiger partial charge in [0.15, 0.2) is 0 Å². The van der Waals surface area contributed by atoms with Crippen LogP contribution in [0.25, 0.3) is 0 Å². The SMILES string of the molecule is CC1CCCN(S(=O)(=O)N2CCC(N)C2)C1.Cl. The van der Waals surface area contributed by atoms with Gasteiger partial charge in [-0.2, -0.15) is 17.0 Å². The molecule has 0 radical (unpaired) electrons. The molecular formula is C10H22ClN3O2S. The Labute approximate surface area is 110 Å². The quantitative estimate of drug-likeness (QED) is 0.799. The minimum Gasteiger partial charge on any atom is -0.326 e. The number of hydrogen-bond donors (Lipinski definition) is 1. The minimum absolute atomic E-state index is 0. The fraction of sp³-hybridized carbons (Fsp3) is 1.00. The summed E-state index contributed by atoms with van der Waals surface area (Å²) in [6.07, 6.45) is 2.88. The molecule has 2 unspecified atom stereocenters. The van der Waals surface area contributed by atoms with Crippen LogP contribution in [0.1, 0.15) is 26.2 Å². The summed E-state index contributed by atoms with van der Waals surface area (Å²) in [7, 11) is -3.24. The molecule has 2 aliphatic heterocycles. The van der Waals surface area contributed by atoms with Crippen LogP contribution in [0.5, 0.6) is 0 Å². The molecule has 102 valence electrons. The van der Waals surface area contributed by atoms with Crippen molar-refractivity contribution >= 4 is 22.6 Å². The molecule has 2 saturated heterocycles. The van der Waals surface area contributed by atoms with Gasteiger partial charge in [0.1, 0.15) is 0 Å². The molecule has 0 aromatic carbocycles. The maximum absolute atomic E-state index is 12.3. The van der Waals surface area contributed by atoms with Gasteiger partial charge in [-0.05, 0) is 25.2 Å². The highest BCUT2D eigenvalue weighted by atomic mass is 35.5. The summed E-state index contributed by atoms with van der Waals surface area (Å²) in [5.41, 5.74) is 5.75. The van der Waals surface area contributed by atoms with Gasteiger partial charge < -0.3 is 5.73 Å². The van der Waals surface area contributed by atoms with E-state index in [1.807, 2.05) is 0 Å². The Balaban J connectivity index is 0.00000144. The molecule has 2 aliphatic rings. The number of hydrogen-bond acceptors (Lipinski definition) is 3. The van der Waals surface area contributed by atoms with Crippen LogP contribution in [0.3, 0.4) is 0 Å². The molecule has 0 saturated carbocycles. The van der Waals surface area contributed by atoms with E-state index in [2.05, 4.69) is 6.92 Å². The van der Waals surface area contributed by atoms with E-state index in [9.17, 15) is 8.42 Å². The summed E-state index contributed by atoms with van der Waals surface area (Å²) in [6, 6.07) is 0.0111. The smallest absolute Gasteiger partial charge is 0.282 e. The monoisotopic (exact) mass is 283 g/mol. The molecule has 2 heterocycles. The van der Waals surface area contributed by atoms with Crippen molar-refractivity contribution in [2.24, 2.45) is 11.7 Å². The summed E-state index contributed by atoms with van der Waals surface area (Å²) in [6.45, 7) is 4.49. The van der Waals surface area contributed by atoms with Gasteiger partial charge in [0, 0.05) is 32.2 Å². The lowest BCUT2D eigenvalue weighted by molar-refractivity contribution is 0.263. The van der Waals surface area contributed by atoms with Crippen molar-refractivity contribution in [3.05, 3.63) is 0 Å². The van der Waals surface area contributed by atoms with Crippen LogP contribution >= 0.6 is 12.4 Å². The summed E-state index contributed by atoms with van der Waals surface area (Å²) in [5, 5.41) is 0. The average Bonchev–Trinajstić information content (AvgIpc) is 2.65. The predicted molar refractivity (Wildman–Crippen MR) is 70.3 cm³/mol. The predicted octanol–water partition coefficient (Wildman–Crippen LogP) is 0.418. The zero-order valence-corrected chi connectivity index (χ0v) is 11.8. The number of rotatable bonds is 2. The van der Waals surface area contributed by atoms with Crippen molar-refractivity contribution < 1.29 is 8.42 Å². The van der Waals surface area contributed by atoms with E-state index in [0.717, 1.165) is 19.3 Å². The Kier molecular flexibility index (Phi) is 5.21. The largest absolute Gasteiger partial charge is 0.326 e. The molecule has 0 bridgehead atoms. The number of halogens is 1. The Bertz CT molecular complexity index is 349. The van der Waals surface area contributed by atoms with Gasteiger partial charge in [-0.3, -0.25) is 0 Å². The van der Waals surface area contributed by atoms with E-state index in [0.29, 0.717) is 32.1 Å². The first-order valence-corrected chi connectivity index (χ1v) is 7.40. The van der Waals surface area contributed by atoms with Crippen LogP contribution in [-0.2, 0) is 10.2 Å². The molecule has 0 aromatic rings. The van der Waals surface area contributed by atoms with E-state index in [-0.39, 0.29) is 18.4 Å². The third-order valence-electron chi connectivity index (χ3n) is 3.46. The lowest BCUT2D eigenvalue weighted by Crippen LogP contribution is -2.47. The summed E-state index contributed by atoms with van der Waals surface area (Å²) in [5.74, 6) is 0.472. The van der Waals surface area contributed by atoms with Crippen LogP contribution in [-0.4, -0.2) is 49.2 Å². The third-order valence-corrected chi connectivity index (χ3v) is 5.43. The van der Waals surface area contributed by atoms with Gasteiger partial charge >= 0.3 is 0 Å². The van der Waals surface area contributed by atoms with Gasteiger partial charge in [0.05, 0.1) is 0 Å². The first-order chi connectivity index (χ1) is 7.50. The molecule has 2 fully saturated rings. The van der Waals surface area contributed by atoms with E-state index in [1.54, 1.807) is 4.31 Å². The standard InChI is InChI=1S/C10H21N3O2S.ClH/c1-9-3-2-5-12(7-9)16(14,15)13-6-4-10(11)8-13;/h9-10H,2-8,11H2,1H3;1H. The van der Waals surface area contributed by atoms with Crippen molar-refractivity contribution in [1.82, 2.24) is 8.61 Å². The summed E-state index contributed by atoms with van der Waals surface area (Å²) < 4.78 is 27.7. The van der Waals surface area contributed by atoms with Gasteiger partial charge in [-0.15, -0.1) is 12.4 Å². The van der Waals surface area contributed by atoms with E-state index >= 15 is 0 Å². The second-order valence-corrected chi connectivity index (χ2v) is 6.95. The fourth-order valence-corrected chi connectivity index (χ4v) is 4.33. The first-order valence-electron chi connectivity index (χ1n) is 6.01. The summed E-state index contributed by atoms with van der Waals surface area (Å²) >= 11 is 0. The zero-order chi connectivity index (χ0) is 11.8. The van der Waals surface area contributed by atoms with E-state index in [4.69, 9.17) is 5.73 Å². The minimum atomic E-state index is -3.24. The molecule has 2 rings (SSSR count). The van der Waals surface area contributed by atoms with Gasteiger partial charge in [0.2, 0.25) is 0 Å². The zero-order valence-electron chi connectivity index (χ0n) is 10.2. The van der Waals surface area contributed by atoms with Crippen LogP contribution in [0.4, 0.5) is 0 Å². The maximum Gasteiger partial charge on any atom is 0.282 e. The van der Waals surface area contributed by atoms with Crippen molar-refractivity contribution in [3.63, 3.8) is 0 Å². The normalized spacial score (nSPS) is 32.4. The molecule has 7 heteroatoms. The van der Waals surface area contributed by atoms with Crippen LogP contribution in [0.15, 0.2) is 0 Å². The average molecular weight is 284 g/mol. The van der Waals surface area contributed by atoms with Crippen molar-refractivity contribution in [1.29, 1.82) is 0 Å². The molecule has 17 heavy (non-hydrogen) atoms. The van der Waals surface area contributed by atoms with Crippen molar-refractivity contribution in [2.75, 3.05) is 26.2 Å². The number of nitrogens with zero attached hydrogens (tertiary/aromatic N) is 2. The molecular weight excluding hydrogens is 262 g/mol. The summed E-state index contributed by atoms with van der Waals surface area (Å²) in [4.78, 5) is 0. The van der Waals surface area contributed by atoms with Crippen molar-refractivity contribution in [3.8, 4) is 0 Å². The Hall–Kier alpha value is 0.120. The Morgan fingerprint density at radius 1 is 1.12 bits per heavy atom. The third kappa shape index (κ3) is 3.32. The van der Waals surface area contributed by atoms with Gasteiger partial charge in [-0.1, -0.05) is 6.92 Å². The van der Waals surface area contributed by atoms with E-state index < -0.39 is 10.2 Å². The van der Waals surface area contributed by atoms with Gasteiger partial charge in [-0.25, -0.2) is 0 Å². The molecule has 0 aromatic heterocycles. The molecule has 5 nitrogen and oxygen atoms in total. The van der Waals surface area contributed by atoms with E-state index in [1.165, 1.54) is 4.31 Å². The number of piperidine rings is 1. The van der Waals surface area contributed by atoms with Gasteiger partial charge in [0.25, 0.3) is 10.2 Å². The lowest BCUT2D eigenvalue weighted by atomic mass is 10.0. The highest BCUT2D eigenvalue weighted by Gasteiger charge is 2.35. The highest BCUT2D eigenvalue weighted by Crippen LogP contribution is 2.22. The van der Waals surface area contributed by atoms with Crippen LogP contribution < -0.4 is 5.73 Å². The second kappa shape index (κ2) is 5.84. The van der Waals surface area contributed by atoms with Crippen LogP contribution in [0.2, 0.25) is 0 Å². The molecule has 2 N–H and O–H groups in total. The van der Waals surface area contributed by atoms with Crippen LogP contribution in [0, 0.1) is 5.92 Å². The fourth-order valence-electron chi connectivity index (χ4n) is 2.48. The highest BCUT2D eigenvalue weighted by molar-refractivity contribution is 7.86. The second-order valence-electron chi connectivity index (χ2n) is 5.02. The molecule has 0 amide bonds. The number of nitrogens with two attached hydrogens (primary N) is 1. The Morgan fingerprint density at radius 2 is 1.76 bits per heavy atom. The van der Waals surface area contributed by atoms with Crippen molar-refractivity contribution in [2.45, 2.75) is 32.2 Å². The molecule has 0 spiro atoms. The molecule has 0 aliphatic carbocycles. The maximum atomic E-state index is 12.3.